The minimum Gasteiger partial charge on any atom is -0.337 e. The zero-order valence-electron chi connectivity index (χ0n) is 16.5. The van der Waals surface area contributed by atoms with Crippen molar-refractivity contribution in [2.24, 2.45) is 0 Å². The Morgan fingerprint density at radius 1 is 1.14 bits per heavy atom. The number of aromatic nitrogens is 2. The lowest BCUT2D eigenvalue weighted by molar-refractivity contribution is 0.0586. The van der Waals surface area contributed by atoms with E-state index in [1.54, 1.807) is 12.1 Å². The van der Waals surface area contributed by atoms with Crippen molar-refractivity contribution in [3.63, 3.8) is 0 Å². The zero-order chi connectivity index (χ0) is 20.2. The Bertz CT molecular complexity index is 978. The van der Waals surface area contributed by atoms with E-state index in [2.05, 4.69) is 10.1 Å². The Kier molecular flexibility index (Phi) is 5.95. The van der Waals surface area contributed by atoms with Gasteiger partial charge in [0.2, 0.25) is 11.7 Å². The lowest BCUT2D eigenvalue weighted by atomic mass is 9.93. The molecule has 6 heteroatoms. The van der Waals surface area contributed by atoms with Crippen molar-refractivity contribution in [3.05, 3.63) is 70.6 Å². The van der Waals surface area contributed by atoms with Crippen LogP contribution in [0, 0.1) is 6.92 Å². The highest BCUT2D eigenvalue weighted by Gasteiger charge is 2.28. The Balaban J connectivity index is 1.58. The molecule has 0 spiro atoms. The van der Waals surface area contributed by atoms with Gasteiger partial charge < -0.3 is 9.42 Å². The maximum absolute atomic E-state index is 13.3. The smallest absolute Gasteiger partial charge is 0.254 e. The molecule has 2 aromatic carbocycles. The SMILES string of the molecule is Cc1cccc(C(=O)N(Cc2nc(-c3ccc(Cl)cc3)no2)C2CCCCC2)c1. The maximum Gasteiger partial charge on any atom is 0.254 e. The first-order valence-electron chi connectivity index (χ1n) is 10.1. The number of hydrogen-bond acceptors (Lipinski definition) is 4. The Morgan fingerprint density at radius 3 is 2.62 bits per heavy atom. The highest BCUT2D eigenvalue weighted by Crippen LogP contribution is 2.26. The molecule has 4 rings (SSSR count). The topological polar surface area (TPSA) is 59.2 Å². The van der Waals surface area contributed by atoms with E-state index in [1.807, 2.05) is 48.2 Å². The third-order valence-corrected chi connectivity index (χ3v) is 5.67. The second-order valence-corrected chi connectivity index (χ2v) is 8.05. The van der Waals surface area contributed by atoms with E-state index in [-0.39, 0.29) is 11.9 Å². The minimum absolute atomic E-state index is 0.0202. The Labute approximate surface area is 175 Å². The van der Waals surface area contributed by atoms with Gasteiger partial charge in [-0.1, -0.05) is 53.7 Å². The molecule has 3 aromatic rings. The molecule has 1 aliphatic carbocycles. The van der Waals surface area contributed by atoms with Crippen LogP contribution >= 0.6 is 11.6 Å². The number of carbonyl (C=O) groups excluding carboxylic acids is 1. The van der Waals surface area contributed by atoms with Gasteiger partial charge in [0.1, 0.15) is 6.54 Å². The summed E-state index contributed by atoms with van der Waals surface area (Å²) in [5.74, 6) is 0.969. The molecule has 1 aliphatic rings. The van der Waals surface area contributed by atoms with Crippen LogP contribution < -0.4 is 0 Å². The summed E-state index contributed by atoms with van der Waals surface area (Å²) in [5, 5.41) is 4.75. The lowest BCUT2D eigenvalue weighted by Gasteiger charge is -2.33. The van der Waals surface area contributed by atoms with Gasteiger partial charge in [-0.25, -0.2) is 0 Å². The van der Waals surface area contributed by atoms with Gasteiger partial charge in [-0.05, 0) is 56.2 Å². The molecule has 0 aliphatic heterocycles. The van der Waals surface area contributed by atoms with E-state index in [4.69, 9.17) is 16.1 Å². The monoisotopic (exact) mass is 409 g/mol. The highest BCUT2D eigenvalue weighted by atomic mass is 35.5. The van der Waals surface area contributed by atoms with Gasteiger partial charge >= 0.3 is 0 Å². The van der Waals surface area contributed by atoms with Crippen LogP contribution in [-0.4, -0.2) is 27.0 Å². The second kappa shape index (κ2) is 8.78. The van der Waals surface area contributed by atoms with Crippen LogP contribution in [0.1, 0.15) is 53.9 Å². The van der Waals surface area contributed by atoms with Crippen LogP contribution in [0.3, 0.4) is 0 Å². The standard InChI is InChI=1S/C23H24ClN3O2/c1-16-6-5-7-18(14-16)23(28)27(20-8-3-2-4-9-20)15-21-25-22(26-29-21)17-10-12-19(24)13-11-17/h5-7,10-14,20H,2-4,8-9,15H2,1H3. The summed E-state index contributed by atoms with van der Waals surface area (Å²) in [6.07, 6.45) is 5.53. The fraction of sp³-hybridized carbons (Fsp3) is 0.348. The van der Waals surface area contributed by atoms with Crippen LogP contribution in [0.2, 0.25) is 5.02 Å². The summed E-state index contributed by atoms with van der Waals surface area (Å²) < 4.78 is 5.49. The molecule has 1 aromatic heterocycles. The number of amides is 1. The first-order valence-corrected chi connectivity index (χ1v) is 10.4. The summed E-state index contributed by atoms with van der Waals surface area (Å²) in [5.41, 5.74) is 2.61. The van der Waals surface area contributed by atoms with Gasteiger partial charge in [0.15, 0.2) is 0 Å². The van der Waals surface area contributed by atoms with Crippen molar-refractivity contribution < 1.29 is 9.32 Å². The second-order valence-electron chi connectivity index (χ2n) is 7.61. The van der Waals surface area contributed by atoms with E-state index >= 15 is 0 Å². The predicted molar refractivity (Wildman–Crippen MR) is 113 cm³/mol. The van der Waals surface area contributed by atoms with Crippen LogP contribution in [-0.2, 0) is 6.54 Å². The summed E-state index contributed by atoms with van der Waals surface area (Å²) in [6, 6.07) is 15.2. The van der Waals surface area contributed by atoms with Gasteiger partial charge in [0, 0.05) is 22.2 Å². The molecule has 1 fully saturated rings. The van der Waals surface area contributed by atoms with Crippen molar-refractivity contribution in [3.8, 4) is 11.4 Å². The van der Waals surface area contributed by atoms with Gasteiger partial charge in [0.05, 0.1) is 0 Å². The summed E-state index contributed by atoms with van der Waals surface area (Å²) in [6.45, 7) is 2.32. The fourth-order valence-corrected chi connectivity index (χ4v) is 4.01. The van der Waals surface area contributed by atoms with Gasteiger partial charge in [-0.3, -0.25) is 4.79 Å². The molecular weight excluding hydrogens is 386 g/mol. The van der Waals surface area contributed by atoms with Gasteiger partial charge in [0.25, 0.3) is 5.91 Å². The maximum atomic E-state index is 13.3. The number of benzene rings is 2. The van der Waals surface area contributed by atoms with Crippen LogP contribution in [0.4, 0.5) is 0 Å². The van der Waals surface area contributed by atoms with Crippen molar-refractivity contribution in [1.82, 2.24) is 15.0 Å². The molecule has 0 saturated heterocycles. The fourth-order valence-electron chi connectivity index (χ4n) is 3.88. The molecule has 150 valence electrons. The minimum atomic E-state index is 0.0202. The average molecular weight is 410 g/mol. The molecular formula is C23H24ClN3O2. The molecule has 0 radical (unpaired) electrons. The first-order chi connectivity index (χ1) is 14.1. The normalized spacial score (nSPS) is 14.7. The number of aryl methyl sites for hydroxylation is 1. The van der Waals surface area contributed by atoms with Crippen molar-refractivity contribution in [1.29, 1.82) is 0 Å². The number of nitrogens with zero attached hydrogens (tertiary/aromatic N) is 3. The third kappa shape index (κ3) is 4.67. The molecule has 0 bridgehead atoms. The van der Waals surface area contributed by atoms with E-state index in [9.17, 15) is 4.79 Å². The number of carbonyl (C=O) groups is 1. The lowest BCUT2D eigenvalue weighted by Crippen LogP contribution is -2.41. The summed E-state index contributed by atoms with van der Waals surface area (Å²) >= 11 is 5.95. The van der Waals surface area contributed by atoms with Crippen LogP contribution in [0.25, 0.3) is 11.4 Å². The summed E-state index contributed by atoms with van der Waals surface area (Å²) in [7, 11) is 0. The van der Waals surface area contributed by atoms with Crippen molar-refractivity contribution in [2.45, 2.75) is 51.6 Å². The molecule has 1 amide bonds. The van der Waals surface area contributed by atoms with E-state index < -0.39 is 0 Å². The molecule has 0 unspecified atom stereocenters. The van der Waals surface area contributed by atoms with Gasteiger partial charge in [-0.15, -0.1) is 0 Å². The third-order valence-electron chi connectivity index (χ3n) is 5.42. The largest absolute Gasteiger partial charge is 0.337 e. The van der Waals surface area contributed by atoms with Crippen LogP contribution in [0.5, 0.6) is 0 Å². The molecule has 5 nitrogen and oxygen atoms in total. The Hall–Kier alpha value is -2.66. The molecule has 1 saturated carbocycles. The summed E-state index contributed by atoms with van der Waals surface area (Å²) in [4.78, 5) is 19.8. The number of hydrogen-bond donors (Lipinski definition) is 0. The Morgan fingerprint density at radius 2 is 1.90 bits per heavy atom. The predicted octanol–water partition coefficient (Wildman–Crippen LogP) is 5.67. The molecule has 29 heavy (non-hydrogen) atoms. The average Bonchev–Trinajstić information content (AvgIpc) is 3.21. The first kappa shape index (κ1) is 19.6. The van der Waals surface area contributed by atoms with E-state index in [0.717, 1.165) is 36.8 Å². The number of rotatable bonds is 5. The molecule has 0 atom stereocenters. The van der Waals surface area contributed by atoms with E-state index in [1.165, 1.54) is 6.42 Å². The molecule has 1 heterocycles. The zero-order valence-corrected chi connectivity index (χ0v) is 17.2. The molecule has 0 N–H and O–H groups in total. The van der Waals surface area contributed by atoms with E-state index in [0.29, 0.717) is 28.8 Å². The highest BCUT2D eigenvalue weighted by molar-refractivity contribution is 6.30. The van der Waals surface area contributed by atoms with Crippen molar-refractivity contribution >= 4 is 17.5 Å². The number of halogens is 1. The van der Waals surface area contributed by atoms with Crippen molar-refractivity contribution in [2.75, 3.05) is 0 Å². The van der Waals surface area contributed by atoms with Crippen LogP contribution in [0.15, 0.2) is 53.1 Å². The quantitative estimate of drug-likeness (QED) is 0.544. The van der Waals surface area contributed by atoms with Gasteiger partial charge in [-0.2, -0.15) is 4.98 Å².